The van der Waals surface area contributed by atoms with Crippen LogP contribution in [0.3, 0.4) is 0 Å². The molecule has 0 saturated carbocycles. The van der Waals surface area contributed by atoms with Gasteiger partial charge in [0.1, 0.15) is 0 Å². The van der Waals surface area contributed by atoms with Gasteiger partial charge in [0.2, 0.25) is 0 Å². The molecule has 0 aliphatic carbocycles. The molecule has 4 nitrogen and oxygen atoms in total. The van der Waals surface area contributed by atoms with Crippen molar-refractivity contribution in [3.63, 3.8) is 0 Å². The number of hydrogen-bond acceptors (Lipinski definition) is 3. The molecule has 0 saturated heterocycles. The second kappa shape index (κ2) is 3.14. The summed E-state index contributed by atoms with van der Waals surface area (Å²) in [6.45, 7) is 1.96. The van der Waals surface area contributed by atoms with Crippen LogP contribution in [0.1, 0.15) is 5.56 Å². The fourth-order valence-corrected chi connectivity index (χ4v) is 1.04. The number of aromatic nitrogens is 4. The second-order valence-corrected chi connectivity index (χ2v) is 3.10. The van der Waals surface area contributed by atoms with Gasteiger partial charge in [0.15, 0.2) is 0 Å². The van der Waals surface area contributed by atoms with Gasteiger partial charge in [0.05, 0.1) is 23.6 Å². The second-order valence-electron chi connectivity index (χ2n) is 2.66. The number of rotatable bonds is 1. The molecule has 0 spiro atoms. The van der Waals surface area contributed by atoms with E-state index < -0.39 is 0 Å². The van der Waals surface area contributed by atoms with Crippen LogP contribution in [0.25, 0.3) is 5.95 Å². The van der Waals surface area contributed by atoms with Crippen molar-refractivity contribution in [2.75, 3.05) is 0 Å². The summed E-state index contributed by atoms with van der Waals surface area (Å²) in [5.41, 5.74) is 1.07. The molecule has 2 aromatic heterocycles. The van der Waals surface area contributed by atoms with Crippen molar-refractivity contribution < 1.29 is 0 Å². The summed E-state index contributed by atoms with van der Waals surface area (Å²) in [6, 6.07) is 0. The molecule has 5 heteroatoms. The topological polar surface area (TPSA) is 43.6 Å². The molecule has 13 heavy (non-hydrogen) atoms. The Bertz CT molecular complexity index is 406. The summed E-state index contributed by atoms with van der Waals surface area (Å²) in [5.74, 6) is 0.525. The highest BCUT2D eigenvalue weighted by Gasteiger charge is 1.99. The molecule has 2 rings (SSSR count). The normalized spacial score (nSPS) is 10.3. The Balaban J connectivity index is 2.41. The Morgan fingerprint density at radius 2 is 1.92 bits per heavy atom. The van der Waals surface area contributed by atoms with Gasteiger partial charge in [-0.3, -0.25) is 0 Å². The first-order valence-corrected chi connectivity index (χ1v) is 4.13. The zero-order valence-electron chi connectivity index (χ0n) is 6.98. The third-order valence-corrected chi connectivity index (χ3v) is 1.72. The minimum Gasteiger partial charge on any atom is -0.218 e. The molecule has 0 unspecified atom stereocenters. The molecule has 0 aliphatic rings. The van der Waals surface area contributed by atoms with Gasteiger partial charge in [-0.2, -0.15) is 5.10 Å². The lowest BCUT2D eigenvalue weighted by Gasteiger charge is -1.96. The molecule has 0 radical (unpaired) electrons. The van der Waals surface area contributed by atoms with E-state index >= 15 is 0 Å². The van der Waals surface area contributed by atoms with Crippen LogP contribution in [0.5, 0.6) is 0 Å². The van der Waals surface area contributed by atoms with Crippen LogP contribution >= 0.6 is 11.6 Å². The van der Waals surface area contributed by atoms with Gasteiger partial charge in [0.25, 0.3) is 5.95 Å². The Hall–Kier alpha value is -1.42. The van der Waals surface area contributed by atoms with Gasteiger partial charge >= 0.3 is 0 Å². The highest BCUT2D eigenvalue weighted by Crippen LogP contribution is 2.06. The predicted molar refractivity (Wildman–Crippen MR) is 48.9 cm³/mol. The van der Waals surface area contributed by atoms with E-state index in [1.54, 1.807) is 23.3 Å². The van der Waals surface area contributed by atoms with Gasteiger partial charge in [-0.05, 0) is 12.5 Å². The summed E-state index contributed by atoms with van der Waals surface area (Å²) in [6.07, 6.45) is 6.68. The molecule has 2 heterocycles. The van der Waals surface area contributed by atoms with Crippen LogP contribution in [0, 0.1) is 6.92 Å². The fourth-order valence-electron chi connectivity index (χ4n) is 0.946. The van der Waals surface area contributed by atoms with Crippen molar-refractivity contribution in [1.29, 1.82) is 0 Å². The molecular formula is C8H7ClN4. The zero-order valence-corrected chi connectivity index (χ0v) is 7.73. The van der Waals surface area contributed by atoms with Crippen molar-refractivity contribution >= 4 is 11.6 Å². The maximum Gasteiger partial charge on any atom is 0.250 e. The van der Waals surface area contributed by atoms with Crippen molar-refractivity contribution in [2.45, 2.75) is 6.92 Å². The van der Waals surface area contributed by atoms with Gasteiger partial charge in [-0.1, -0.05) is 11.6 Å². The van der Waals surface area contributed by atoms with Crippen LogP contribution < -0.4 is 0 Å². The Labute approximate surface area is 80.2 Å². The summed E-state index contributed by atoms with van der Waals surface area (Å²) in [4.78, 5) is 8.04. The van der Waals surface area contributed by atoms with E-state index in [9.17, 15) is 0 Å². The number of hydrogen-bond donors (Lipinski definition) is 0. The molecule has 0 atom stereocenters. The lowest BCUT2D eigenvalue weighted by atomic mass is 10.4. The first-order chi connectivity index (χ1) is 6.25. The van der Waals surface area contributed by atoms with Crippen LogP contribution in [0.15, 0.2) is 24.8 Å². The Kier molecular flexibility index (Phi) is 1.98. The molecule has 0 aliphatic heterocycles. The Morgan fingerprint density at radius 1 is 1.23 bits per heavy atom. The maximum atomic E-state index is 5.65. The van der Waals surface area contributed by atoms with Crippen molar-refractivity contribution in [3.05, 3.63) is 35.4 Å². The van der Waals surface area contributed by atoms with Crippen LogP contribution in [-0.4, -0.2) is 19.7 Å². The minimum atomic E-state index is 0.521. The lowest BCUT2D eigenvalue weighted by Crippen LogP contribution is -2.00. The molecular weight excluding hydrogens is 188 g/mol. The van der Waals surface area contributed by atoms with Crippen molar-refractivity contribution in [2.24, 2.45) is 0 Å². The zero-order chi connectivity index (χ0) is 9.26. The van der Waals surface area contributed by atoms with Gasteiger partial charge in [-0.15, -0.1) is 0 Å². The van der Waals surface area contributed by atoms with Gasteiger partial charge < -0.3 is 0 Å². The average Bonchev–Trinajstić information content (AvgIpc) is 2.53. The van der Waals surface area contributed by atoms with E-state index in [4.69, 9.17) is 11.6 Å². The quantitative estimate of drug-likeness (QED) is 0.693. The highest BCUT2D eigenvalue weighted by molar-refractivity contribution is 6.30. The molecule has 66 valence electrons. The molecule has 0 bridgehead atoms. The van der Waals surface area contributed by atoms with Crippen molar-refractivity contribution in [3.8, 4) is 5.95 Å². The van der Waals surface area contributed by atoms with Crippen LogP contribution in [-0.2, 0) is 0 Å². The smallest absolute Gasteiger partial charge is 0.218 e. The molecule has 0 amide bonds. The standard InChI is InChI=1S/C8H7ClN4/c1-6-2-12-13(5-6)8-10-3-7(9)4-11-8/h2-5H,1H3. The molecule has 0 N–H and O–H groups in total. The third kappa shape index (κ3) is 1.67. The summed E-state index contributed by atoms with van der Waals surface area (Å²) in [5, 5.41) is 4.59. The SMILES string of the molecule is Cc1cnn(-c2ncc(Cl)cn2)c1. The summed E-state index contributed by atoms with van der Waals surface area (Å²) < 4.78 is 1.60. The van der Waals surface area contributed by atoms with E-state index in [1.807, 2.05) is 13.1 Å². The molecule has 2 aromatic rings. The first kappa shape index (κ1) is 8.19. The summed E-state index contributed by atoms with van der Waals surface area (Å²) >= 11 is 5.65. The van der Waals surface area contributed by atoms with Crippen LogP contribution in [0.4, 0.5) is 0 Å². The monoisotopic (exact) mass is 194 g/mol. The van der Waals surface area contributed by atoms with E-state index in [0.29, 0.717) is 11.0 Å². The van der Waals surface area contributed by atoms with E-state index in [0.717, 1.165) is 5.56 Å². The molecule has 0 aromatic carbocycles. The Morgan fingerprint density at radius 3 is 2.46 bits per heavy atom. The largest absolute Gasteiger partial charge is 0.250 e. The van der Waals surface area contributed by atoms with E-state index in [2.05, 4.69) is 15.1 Å². The minimum absolute atomic E-state index is 0.521. The van der Waals surface area contributed by atoms with Crippen molar-refractivity contribution in [1.82, 2.24) is 19.7 Å². The molecule has 0 fully saturated rings. The van der Waals surface area contributed by atoms with E-state index in [-0.39, 0.29) is 0 Å². The number of halogens is 1. The third-order valence-electron chi connectivity index (χ3n) is 1.52. The fraction of sp³-hybridized carbons (Fsp3) is 0.125. The number of nitrogens with zero attached hydrogens (tertiary/aromatic N) is 4. The van der Waals surface area contributed by atoms with Gasteiger partial charge in [-0.25, -0.2) is 14.6 Å². The lowest BCUT2D eigenvalue weighted by molar-refractivity contribution is 0.808. The highest BCUT2D eigenvalue weighted by atomic mass is 35.5. The van der Waals surface area contributed by atoms with E-state index in [1.165, 1.54) is 0 Å². The predicted octanol–water partition coefficient (Wildman–Crippen LogP) is 1.62. The van der Waals surface area contributed by atoms with Crippen LogP contribution in [0.2, 0.25) is 5.02 Å². The number of aryl methyl sites for hydroxylation is 1. The maximum absolute atomic E-state index is 5.65. The average molecular weight is 195 g/mol. The first-order valence-electron chi connectivity index (χ1n) is 3.75. The summed E-state index contributed by atoms with van der Waals surface area (Å²) in [7, 11) is 0. The van der Waals surface area contributed by atoms with Gasteiger partial charge in [0, 0.05) is 6.20 Å².